The number of methoxy groups -OCH3 is 1. The monoisotopic (exact) mass is 329 g/mol. The van der Waals surface area contributed by atoms with Crippen LogP contribution in [-0.4, -0.2) is 63.1 Å². The van der Waals surface area contributed by atoms with E-state index in [0.717, 1.165) is 0 Å². The van der Waals surface area contributed by atoms with Crippen molar-refractivity contribution in [1.82, 2.24) is 14.5 Å². The van der Waals surface area contributed by atoms with E-state index in [0.29, 0.717) is 37.0 Å². The number of thiocarbonyl (C=S) groups is 1. The topological polar surface area (TPSA) is 61.9 Å². The second-order valence-electron chi connectivity index (χ2n) is 4.62. The molecule has 0 spiro atoms. The molecule has 0 radical (unpaired) electrons. The number of hydrogen-bond donors (Lipinski definition) is 1. The molecule has 21 heavy (non-hydrogen) atoms. The van der Waals surface area contributed by atoms with Crippen LogP contribution in [0.25, 0.3) is 0 Å². The van der Waals surface area contributed by atoms with Gasteiger partial charge in [0, 0.05) is 33.2 Å². The number of ether oxygens (including phenoxy) is 1. The molecule has 2 rings (SSSR count). The number of benzene rings is 1. The first-order valence-corrected chi connectivity index (χ1v) is 8.44. The van der Waals surface area contributed by atoms with E-state index in [2.05, 4.69) is 5.32 Å². The van der Waals surface area contributed by atoms with Gasteiger partial charge >= 0.3 is 0 Å². The molecule has 8 heteroatoms. The Morgan fingerprint density at radius 1 is 1.19 bits per heavy atom. The van der Waals surface area contributed by atoms with E-state index in [9.17, 15) is 8.42 Å². The summed E-state index contributed by atoms with van der Waals surface area (Å²) in [7, 11) is -0.140. The van der Waals surface area contributed by atoms with E-state index in [1.165, 1.54) is 4.31 Å². The highest BCUT2D eigenvalue weighted by Crippen LogP contribution is 2.20. The molecule has 1 fully saturated rings. The van der Waals surface area contributed by atoms with Crippen molar-refractivity contribution in [3.8, 4) is 5.75 Å². The Morgan fingerprint density at radius 2 is 1.76 bits per heavy atom. The normalized spacial score (nSPS) is 16.6. The maximum absolute atomic E-state index is 12.6. The Morgan fingerprint density at radius 3 is 2.24 bits per heavy atom. The Balaban J connectivity index is 2.09. The minimum absolute atomic E-state index is 0.285. The lowest BCUT2D eigenvalue weighted by Crippen LogP contribution is -2.52. The van der Waals surface area contributed by atoms with Crippen LogP contribution >= 0.6 is 12.2 Å². The second kappa shape index (κ2) is 6.59. The zero-order valence-electron chi connectivity index (χ0n) is 12.1. The summed E-state index contributed by atoms with van der Waals surface area (Å²) in [5.41, 5.74) is 0. The third kappa shape index (κ3) is 3.45. The fourth-order valence-electron chi connectivity index (χ4n) is 2.19. The van der Waals surface area contributed by atoms with Crippen molar-refractivity contribution in [2.75, 3.05) is 40.3 Å². The molecule has 0 aromatic heterocycles. The molecule has 0 bridgehead atoms. The summed E-state index contributed by atoms with van der Waals surface area (Å²) < 4.78 is 31.6. The first-order chi connectivity index (χ1) is 9.98. The molecule has 1 aromatic carbocycles. The van der Waals surface area contributed by atoms with E-state index in [4.69, 9.17) is 17.0 Å². The minimum Gasteiger partial charge on any atom is -0.497 e. The smallest absolute Gasteiger partial charge is 0.243 e. The highest BCUT2D eigenvalue weighted by atomic mass is 32.2. The van der Waals surface area contributed by atoms with Crippen LogP contribution in [0.5, 0.6) is 5.75 Å². The molecule has 0 amide bonds. The van der Waals surface area contributed by atoms with Crippen molar-refractivity contribution in [1.29, 1.82) is 0 Å². The third-order valence-electron chi connectivity index (χ3n) is 3.44. The van der Waals surface area contributed by atoms with Crippen molar-refractivity contribution in [3.05, 3.63) is 24.3 Å². The van der Waals surface area contributed by atoms with Crippen LogP contribution in [0, 0.1) is 0 Å². The van der Waals surface area contributed by atoms with Crippen LogP contribution in [0.3, 0.4) is 0 Å². The number of sulfonamides is 1. The number of nitrogens with zero attached hydrogens (tertiary/aromatic N) is 2. The summed E-state index contributed by atoms with van der Waals surface area (Å²) in [5, 5.41) is 3.56. The lowest BCUT2D eigenvalue weighted by Gasteiger charge is -2.35. The predicted octanol–water partition coefficient (Wildman–Crippen LogP) is 0.506. The van der Waals surface area contributed by atoms with E-state index in [-0.39, 0.29) is 4.90 Å². The maximum Gasteiger partial charge on any atom is 0.243 e. The van der Waals surface area contributed by atoms with Crippen LogP contribution in [0.4, 0.5) is 0 Å². The van der Waals surface area contributed by atoms with Crippen molar-refractivity contribution >= 4 is 27.4 Å². The van der Waals surface area contributed by atoms with Gasteiger partial charge in [0.25, 0.3) is 0 Å². The molecule has 1 heterocycles. The van der Waals surface area contributed by atoms with E-state index >= 15 is 0 Å². The van der Waals surface area contributed by atoms with Gasteiger partial charge in [0.2, 0.25) is 10.0 Å². The largest absolute Gasteiger partial charge is 0.497 e. The molecule has 1 aliphatic heterocycles. The van der Waals surface area contributed by atoms with Crippen LogP contribution < -0.4 is 10.1 Å². The van der Waals surface area contributed by atoms with E-state index in [1.807, 2.05) is 4.90 Å². The van der Waals surface area contributed by atoms with Gasteiger partial charge in [-0.15, -0.1) is 0 Å². The third-order valence-corrected chi connectivity index (χ3v) is 5.81. The molecule has 1 N–H and O–H groups in total. The van der Waals surface area contributed by atoms with Gasteiger partial charge in [-0.1, -0.05) is 0 Å². The Bertz CT molecular complexity index is 594. The SMILES string of the molecule is CNC(=S)N1CCN(S(=O)(=O)c2ccc(OC)cc2)CC1. The first kappa shape index (κ1) is 16.0. The van der Waals surface area contributed by atoms with Gasteiger partial charge in [-0.3, -0.25) is 0 Å². The van der Waals surface area contributed by atoms with Gasteiger partial charge in [-0.05, 0) is 36.5 Å². The number of rotatable bonds is 3. The number of hydrogen-bond acceptors (Lipinski definition) is 4. The molecule has 116 valence electrons. The van der Waals surface area contributed by atoms with Crippen molar-refractivity contribution in [2.24, 2.45) is 0 Å². The van der Waals surface area contributed by atoms with Crippen LogP contribution in [0.15, 0.2) is 29.2 Å². The molecule has 1 aliphatic rings. The van der Waals surface area contributed by atoms with Gasteiger partial charge in [-0.2, -0.15) is 4.31 Å². The Labute approximate surface area is 130 Å². The predicted molar refractivity (Wildman–Crippen MR) is 85.0 cm³/mol. The summed E-state index contributed by atoms with van der Waals surface area (Å²) >= 11 is 5.16. The average Bonchev–Trinajstić information content (AvgIpc) is 2.54. The lowest BCUT2D eigenvalue weighted by atomic mass is 10.3. The van der Waals surface area contributed by atoms with Crippen molar-refractivity contribution in [2.45, 2.75) is 4.90 Å². The Hall–Kier alpha value is -1.38. The number of nitrogens with one attached hydrogen (secondary N) is 1. The molecule has 1 saturated heterocycles. The fraction of sp³-hybridized carbons (Fsp3) is 0.462. The summed E-state index contributed by atoms with van der Waals surface area (Å²) in [6.45, 7) is 2.04. The van der Waals surface area contributed by atoms with E-state index < -0.39 is 10.0 Å². The minimum atomic E-state index is -3.46. The zero-order chi connectivity index (χ0) is 15.5. The van der Waals surface area contributed by atoms with Crippen LogP contribution in [0.1, 0.15) is 0 Å². The molecule has 0 unspecified atom stereocenters. The quantitative estimate of drug-likeness (QED) is 0.815. The molecule has 0 aliphatic carbocycles. The van der Waals surface area contributed by atoms with Crippen LogP contribution in [0.2, 0.25) is 0 Å². The van der Waals surface area contributed by atoms with Gasteiger partial charge in [0.05, 0.1) is 12.0 Å². The maximum atomic E-state index is 12.6. The van der Waals surface area contributed by atoms with Gasteiger partial charge in [0.15, 0.2) is 5.11 Å². The molecule has 1 aromatic rings. The zero-order valence-corrected chi connectivity index (χ0v) is 13.7. The first-order valence-electron chi connectivity index (χ1n) is 6.60. The summed E-state index contributed by atoms with van der Waals surface area (Å²) in [4.78, 5) is 2.25. The van der Waals surface area contributed by atoms with E-state index in [1.54, 1.807) is 38.4 Å². The fourth-order valence-corrected chi connectivity index (χ4v) is 3.79. The van der Waals surface area contributed by atoms with Crippen LogP contribution in [-0.2, 0) is 10.0 Å². The molecule has 6 nitrogen and oxygen atoms in total. The van der Waals surface area contributed by atoms with Crippen molar-refractivity contribution < 1.29 is 13.2 Å². The lowest BCUT2D eigenvalue weighted by molar-refractivity contribution is 0.265. The highest BCUT2D eigenvalue weighted by Gasteiger charge is 2.28. The second-order valence-corrected chi connectivity index (χ2v) is 6.95. The summed E-state index contributed by atoms with van der Waals surface area (Å²) in [5.74, 6) is 0.637. The molecular formula is C13H19N3O3S2. The van der Waals surface area contributed by atoms with Crippen molar-refractivity contribution in [3.63, 3.8) is 0 Å². The summed E-state index contributed by atoms with van der Waals surface area (Å²) in [6.07, 6.45) is 0. The average molecular weight is 329 g/mol. The van der Waals surface area contributed by atoms with Gasteiger partial charge in [0.1, 0.15) is 5.75 Å². The Kier molecular flexibility index (Phi) is 5.02. The standard InChI is InChI=1S/C13H19N3O3S2/c1-14-13(20)15-7-9-16(10-8-15)21(17,18)12-5-3-11(19-2)4-6-12/h3-6H,7-10H2,1-2H3,(H,14,20). The number of piperazine rings is 1. The van der Waals surface area contributed by atoms with Gasteiger partial charge in [-0.25, -0.2) is 8.42 Å². The van der Waals surface area contributed by atoms with Gasteiger partial charge < -0.3 is 15.0 Å². The molecule has 0 saturated carbocycles. The summed E-state index contributed by atoms with van der Waals surface area (Å²) in [6, 6.07) is 6.44. The molecular weight excluding hydrogens is 310 g/mol. The highest BCUT2D eigenvalue weighted by molar-refractivity contribution is 7.89. The molecule has 0 atom stereocenters.